The van der Waals surface area contributed by atoms with E-state index in [4.69, 9.17) is 14.2 Å². The van der Waals surface area contributed by atoms with Gasteiger partial charge in [-0.05, 0) is 19.9 Å². The Morgan fingerprint density at radius 1 is 1.00 bits per heavy atom. The standard InChI is InChI=1S/C17H24N4O3/c1-6-21(7-2)15-8-9-18-17(20-15)19-12-10-13(22-3)16(24-5)14(11-12)23-4/h8-11H,6-7H2,1-5H3,(H,18,19,20). The predicted octanol–water partition coefficient (Wildman–Crippen LogP) is 3.09. The highest BCUT2D eigenvalue weighted by atomic mass is 16.5. The molecule has 0 aliphatic heterocycles. The van der Waals surface area contributed by atoms with Crippen LogP contribution in [-0.4, -0.2) is 44.4 Å². The minimum Gasteiger partial charge on any atom is -0.493 e. The number of nitrogens with one attached hydrogen (secondary N) is 1. The molecule has 0 saturated carbocycles. The second-order valence-corrected chi connectivity index (χ2v) is 4.95. The Hall–Kier alpha value is -2.70. The zero-order chi connectivity index (χ0) is 17.5. The van der Waals surface area contributed by atoms with Crippen LogP contribution in [0.1, 0.15) is 13.8 Å². The van der Waals surface area contributed by atoms with Gasteiger partial charge in [0.05, 0.1) is 21.3 Å². The molecule has 1 aromatic heterocycles. The maximum Gasteiger partial charge on any atom is 0.229 e. The van der Waals surface area contributed by atoms with Gasteiger partial charge in [-0.25, -0.2) is 4.98 Å². The molecule has 7 nitrogen and oxygen atoms in total. The average molecular weight is 332 g/mol. The first-order chi connectivity index (χ1) is 11.7. The molecule has 0 amide bonds. The molecule has 2 aromatic rings. The lowest BCUT2D eigenvalue weighted by Crippen LogP contribution is -2.23. The van der Waals surface area contributed by atoms with Crippen LogP contribution in [0.4, 0.5) is 17.5 Å². The minimum atomic E-state index is 0.508. The lowest BCUT2D eigenvalue weighted by Gasteiger charge is -2.20. The minimum absolute atomic E-state index is 0.508. The van der Waals surface area contributed by atoms with E-state index in [1.165, 1.54) is 0 Å². The molecule has 0 aliphatic carbocycles. The summed E-state index contributed by atoms with van der Waals surface area (Å²) in [4.78, 5) is 11.0. The van der Waals surface area contributed by atoms with Crippen molar-refractivity contribution in [3.63, 3.8) is 0 Å². The van der Waals surface area contributed by atoms with E-state index in [2.05, 4.69) is 34.0 Å². The first-order valence-electron chi connectivity index (χ1n) is 7.81. The van der Waals surface area contributed by atoms with E-state index in [1.54, 1.807) is 27.5 Å². The molecule has 2 rings (SSSR count). The SMILES string of the molecule is CCN(CC)c1ccnc(Nc2cc(OC)c(OC)c(OC)c2)n1. The van der Waals surface area contributed by atoms with Crippen LogP contribution >= 0.6 is 0 Å². The number of methoxy groups -OCH3 is 3. The first-order valence-corrected chi connectivity index (χ1v) is 7.81. The first kappa shape index (κ1) is 17.7. The zero-order valence-corrected chi connectivity index (χ0v) is 14.8. The van der Waals surface area contributed by atoms with Crippen molar-refractivity contribution < 1.29 is 14.2 Å². The highest BCUT2D eigenvalue weighted by molar-refractivity contribution is 5.66. The van der Waals surface area contributed by atoms with Gasteiger partial charge in [0.1, 0.15) is 5.82 Å². The van der Waals surface area contributed by atoms with E-state index in [0.717, 1.165) is 24.6 Å². The number of ether oxygens (including phenoxy) is 3. The number of hydrogen-bond donors (Lipinski definition) is 1. The second kappa shape index (κ2) is 8.24. The van der Waals surface area contributed by atoms with Crippen molar-refractivity contribution in [3.05, 3.63) is 24.4 Å². The van der Waals surface area contributed by atoms with Gasteiger partial charge in [0, 0.05) is 37.1 Å². The Morgan fingerprint density at radius 3 is 2.12 bits per heavy atom. The number of rotatable bonds is 8. The van der Waals surface area contributed by atoms with E-state index < -0.39 is 0 Å². The Labute approximate surface area is 142 Å². The largest absolute Gasteiger partial charge is 0.493 e. The third kappa shape index (κ3) is 3.79. The molecule has 0 saturated heterocycles. The summed E-state index contributed by atoms with van der Waals surface area (Å²) in [5.74, 6) is 3.07. The molecule has 0 spiro atoms. The van der Waals surface area contributed by atoms with Crippen LogP contribution in [0.3, 0.4) is 0 Å². The maximum absolute atomic E-state index is 5.36. The number of aromatic nitrogens is 2. The summed E-state index contributed by atoms with van der Waals surface area (Å²) < 4.78 is 16.0. The van der Waals surface area contributed by atoms with Gasteiger partial charge in [-0.2, -0.15) is 4.98 Å². The van der Waals surface area contributed by atoms with Crippen LogP contribution in [0.15, 0.2) is 24.4 Å². The normalized spacial score (nSPS) is 10.2. The van der Waals surface area contributed by atoms with Crippen molar-refractivity contribution in [2.45, 2.75) is 13.8 Å². The molecule has 0 aliphatic rings. The van der Waals surface area contributed by atoms with Crippen LogP contribution < -0.4 is 24.4 Å². The van der Waals surface area contributed by atoms with Crippen molar-refractivity contribution >= 4 is 17.5 Å². The van der Waals surface area contributed by atoms with Crippen LogP contribution in [0.2, 0.25) is 0 Å². The molecule has 0 bridgehead atoms. The fourth-order valence-corrected chi connectivity index (χ4v) is 2.42. The van der Waals surface area contributed by atoms with Gasteiger partial charge in [0.2, 0.25) is 11.7 Å². The van der Waals surface area contributed by atoms with Gasteiger partial charge in [-0.3, -0.25) is 0 Å². The van der Waals surface area contributed by atoms with Crippen molar-refractivity contribution in [3.8, 4) is 17.2 Å². The number of benzene rings is 1. The number of hydrogen-bond acceptors (Lipinski definition) is 7. The molecule has 0 unspecified atom stereocenters. The van der Waals surface area contributed by atoms with Gasteiger partial charge in [-0.15, -0.1) is 0 Å². The second-order valence-electron chi connectivity index (χ2n) is 4.95. The van der Waals surface area contributed by atoms with E-state index in [0.29, 0.717) is 23.2 Å². The molecule has 7 heteroatoms. The molecule has 0 atom stereocenters. The molecule has 1 heterocycles. The quantitative estimate of drug-likeness (QED) is 0.796. The van der Waals surface area contributed by atoms with Gasteiger partial charge in [-0.1, -0.05) is 0 Å². The highest BCUT2D eigenvalue weighted by Gasteiger charge is 2.14. The molecule has 1 N–H and O–H groups in total. The molecule has 0 fully saturated rings. The summed E-state index contributed by atoms with van der Waals surface area (Å²) in [6.07, 6.45) is 1.74. The van der Waals surface area contributed by atoms with Crippen molar-refractivity contribution in [1.82, 2.24) is 9.97 Å². The van der Waals surface area contributed by atoms with E-state index >= 15 is 0 Å². The van der Waals surface area contributed by atoms with Gasteiger partial charge in [0.15, 0.2) is 11.5 Å². The molecular formula is C17H24N4O3. The van der Waals surface area contributed by atoms with Crippen LogP contribution in [0.5, 0.6) is 17.2 Å². The third-order valence-electron chi connectivity index (χ3n) is 3.65. The number of anilines is 3. The van der Waals surface area contributed by atoms with Crippen LogP contribution in [0, 0.1) is 0 Å². The van der Waals surface area contributed by atoms with E-state index in [1.807, 2.05) is 18.2 Å². The van der Waals surface area contributed by atoms with E-state index in [-0.39, 0.29) is 0 Å². The van der Waals surface area contributed by atoms with Crippen molar-refractivity contribution in [2.24, 2.45) is 0 Å². The third-order valence-corrected chi connectivity index (χ3v) is 3.65. The molecule has 1 aromatic carbocycles. The maximum atomic E-state index is 5.36. The highest BCUT2D eigenvalue weighted by Crippen LogP contribution is 2.40. The summed E-state index contributed by atoms with van der Waals surface area (Å²) in [5.41, 5.74) is 0.751. The van der Waals surface area contributed by atoms with Gasteiger partial charge >= 0.3 is 0 Å². The van der Waals surface area contributed by atoms with Gasteiger partial charge in [0.25, 0.3) is 0 Å². The lowest BCUT2D eigenvalue weighted by atomic mass is 10.2. The Bertz CT molecular complexity index is 650. The summed E-state index contributed by atoms with van der Waals surface area (Å²) in [6, 6.07) is 5.52. The zero-order valence-electron chi connectivity index (χ0n) is 14.8. The topological polar surface area (TPSA) is 68.7 Å². The van der Waals surface area contributed by atoms with E-state index in [9.17, 15) is 0 Å². The summed E-state index contributed by atoms with van der Waals surface area (Å²) >= 11 is 0. The fourth-order valence-electron chi connectivity index (χ4n) is 2.42. The van der Waals surface area contributed by atoms with Gasteiger partial charge < -0.3 is 24.4 Å². The summed E-state index contributed by atoms with van der Waals surface area (Å²) in [5, 5.41) is 3.18. The Morgan fingerprint density at radius 2 is 1.62 bits per heavy atom. The average Bonchev–Trinajstić information content (AvgIpc) is 2.62. The monoisotopic (exact) mass is 332 g/mol. The molecule has 0 radical (unpaired) electrons. The molecular weight excluding hydrogens is 308 g/mol. The lowest BCUT2D eigenvalue weighted by molar-refractivity contribution is 0.324. The van der Waals surface area contributed by atoms with Crippen LogP contribution in [-0.2, 0) is 0 Å². The van der Waals surface area contributed by atoms with Crippen LogP contribution in [0.25, 0.3) is 0 Å². The summed E-state index contributed by atoms with van der Waals surface area (Å²) in [6.45, 7) is 5.96. The van der Waals surface area contributed by atoms with Crippen molar-refractivity contribution in [1.29, 1.82) is 0 Å². The summed E-state index contributed by atoms with van der Waals surface area (Å²) in [7, 11) is 4.74. The predicted molar refractivity (Wildman–Crippen MR) is 95.0 cm³/mol. The molecule has 130 valence electrons. The smallest absolute Gasteiger partial charge is 0.229 e. The fraction of sp³-hybridized carbons (Fsp3) is 0.412. The van der Waals surface area contributed by atoms with Crippen molar-refractivity contribution in [2.75, 3.05) is 44.6 Å². The molecule has 24 heavy (non-hydrogen) atoms. The Balaban J connectivity index is 2.32. The number of nitrogens with zero attached hydrogens (tertiary/aromatic N) is 3. The Kier molecular flexibility index (Phi) is 6.06.